The molecule has 1 aliphatic heterocycles. The fraction of sp³-hybridized carbons (Fsp3) is 0.714. The second-order valence-corrected chi connectivity index (χ2v) is 5.16. The SMILES string of the molecule is CCCNc1ncc(C)c(NCC2CCOC2C)n1. The summed E-state index contributed by atoms with van der Waals surface area (Å²) < 4.78 is 5.58. The van der Waals surface area contributed by atoms with Crippen LogP contribution in [0.3, 0.4) is 0 Å². The lowest BCUT2D eigenvalue weighted by Gasteiger charge is -2.16. The van der Waals surface area contributed by atoms with Gasteiger partial charge in [0.15, 0.2) is 0 Å². The zero-order valence-electron chi connectivity index (χ0n) is 12.1. The summed E-state index contributed by atoms with van der Waals surface area (Å²) in [7, 11) is 0. The molecule has 1 aromatic rings. The quantitative estimate of drug-likeness (QED) is 0.826. The number of ether oxygens (including phenoxy) is 1. The van der Waals surface area contributed by atoms with Crippen LogP contribution in [0, 0.1) is 12.8 Å². The molecule has 19 heavy (non-hydrogen) atoms. The van der Waals surface area contributed by atoms with Crippen LogP contribution in [0.25, 0.3) is 0 Å². The van der Waals surface area contributed by atoms with Crippen LogP contribution >= 0.6 is 0 Å². The number of hydrogen-bond acceptors (Lipinski definition) is 5. The first-order valence-corrected chi connectivity index (χ1v) is 7.13. The molecule has 5 nitrogen and oxygen atoms in total. The van der Waals surface area contributed by atoms with Gasteiger partial charge in [-0.3, -0.25) is 0 Å². The number of nitrogens with zero attached hydrogens (tertiary/aromatic N) is 2. The topological polar surface area (TPSA) is 59.1 Å². The second-order valence-electron chi connectivity index (χ2n) is 5.16. The van der Waals surface area contributed by atoms with Gasteiger partial charge in [0, 0.05) is 37.4 Å². The Morgan fingerprint density at radius 3 is 2.95 bits per heavy atom. The number of hydrogen-bond donors (Lipinski definition) is 2. The summed E-state index contributed by atoms with van der Waals surface area (Å²) in [5, 5.41) is 6.64. The predicted octanol–water partition coefficient (Wildman–Crippen LogP) is 2.44. The predicted molar refractivity (Wildman–Crippen MR) is 77.6 cm³/mol. The number of anilines is 2. The van der Waals surface area contributed by atoms with Gasteiger partial charge >= 0.3 is 0 Å². The van der Waals surface area contributed by atoms with Gasteiger partial charge in [0.1, 0.15) is 5.82 Å². The normalized spacial score (nSPS) is 22.5. The van der Waals surface area contributed by atoms with Crippen LogP contribution in [0.5, 0.6) is 0 Å². The van der Waals surface area contributed by atoms with Crippen LogP contribution in [-0.2, 0) is 4.74 Å². The van der Waals surface area contributed by atoms with E-state index in [1.807, 2.05) is 13.1 Å². The Hall–Kier alpha value is -1.36. The molecule has 1 saturated heterocycles. The smallest absolute Gasteiger partial charge is 0.224 e. The largest absolute Gasteiger partial charge is 0.378 e. The first kappa shape index (κ1) is 14.1. The fourth-order valence-electron chi connectivity index (χ4n) is 2.21. The lowest BCUT2D eigenvalue weighted by Crippen LogP contribution is -2.21. The highest BCUT2D eigenvalue weighted by atomic mass is 16.5. The van der Waals surface area contributed by atoms with E-state index in [9.17, 15) is 0 Å². The molecule has 0 bridgehead atoms. The third-order valence-electron chi connectivity index (χ3n) is 3.57. The molecule has 0 saturated carbocycles. The average molecular weight is 264 g/mol. The molecule has 2 N–H and O–H groups in total. The van der Waals surface area contributed by atoms with Crippen LogP contribution in [0.4, 0.5) is 11.8 Å². The van der Waals surface area contributed by atoms with Crippen molar-refractivity contribution in [2.24, 2.45) is 5.92 Å². The first-order valence-electron chi connectivity index (χ1n) is 7.13. The summed E-state index contributed by atoms with van der Waals surface area (Å²) in [6.45, 7) is 8.98. The molecule has 1 aromatic heterocycles. The first-order chi connectivity index (χ1) is 9.20. The molecule has 5 heteroatoms. The van der Waals surface area contributed by atoms with Gasteiger partial charge in [-0.1, -0.05) is 6.92 Å². The molecule has 2 heterocycles. The fourth-order valence-corrected chi connectivity index (χ4v) is 2.21. The third kappa shape index (κ3) is 3.80. The number of rotatable bonds is 6. The van der Waals surface area contributed by atoms with Crippen molar-refractivity contribution in [2.75, 3.05) is 30.3 Å². The Labute approximate surface area is 115 Å². The maximum absolute atomic E-state index is 5.58. The maximum Gasteiger partial charge on any atom is 0.224 e. The molecule has 0 spiro atoms. The van der Waals surface area contributed by atoms with Crippen molar-refractivity contribution >= 4 is 11.8 Å². The summed E-state index contributed by atoms with van der Waals surface area (Å²) >= 11 is 0. The van der Waals surface area contributed by atoms with E-state index >= 15 is 0 Å². The van der Waals surface area contributed by atoms with E-state index in [0.29, 0.717) is 18.0 Å². The van der Waals surface area contributed by atoms with Crippen LogP contribution in [0.2, 0.25) is 0 Å². The zero-order valence-corrected chi connectivity index (χ0v) is 12.1. The molecule has 0 aliphatic carbocycles. The highest BCUT2D eigenvalue weighted by Gasteiger charge is 2.24. The molecule has 1 fully saturated rings. The molecule has 2 atom stereocenters. The Morgan fingerprint density at radius 1 is 1.42 bits per heavy atom. The van der Waals surface area contributed by atoms with Gasteiger partial charge in [-0.2, -0.15) is 4.98 Å². The van der Waals surface area contributed by atoms with E-state index in [1.165, 1.54) is 0 Å². The Bertz CT molecular complexity index is 410. The minimum Gasteiger partial charge on any atom is -0.378 e. The number of aryl methyl sites for hydroxylation is 1. The van der Waals surface area contributed by atoms with Crippen molar-refractivity contribution in [3.63, 3.8) is 0 Å². The van der Waals surface area contributed by atoms with Gasteiger partial charge in [0.2, 0.25) is 5.95 Å². The molecule has 0 aromatic carbocycles. The van der Waals surface area contributed by atoms with E-state index in [0.717, 1.165) is 43.9 Å². The maximum atomic E-state index is 5.58. The standard InChI is InChI=1S/C14H24N4O/c1-4-6-15-14-17-8-10(2)13(18-14)16-9-12-5-7-19-11(12)3/h8,11-12H,4-7,9H2,1-3H3,(H2,15,16,17,18). The molecular formula is C14H24N4O. The van der Waals surface area contributed by atoms with Gasteiger partial charge in [-0.25, -0.2) is 4.98 Å². The molecular weight excluding hydrogens is 240 g/mol. The lowest BCUT2D eigenvalue weighted by molar-refractivity contribution is 0.108. The Balaban J connectivity index is 1.94. The number of nitrogens with one attached hydrogen (secondary N) is 2. The molecule has 1 aliphatic rings. The van der Waals surface area contributed by atoms with Crippen molar-refractivity contribution in [2.45, 2.75) is 39.7 Å². The van der Waals surface area contributed by atoms with Crippen molar-refractivity contribution in [1.82, 2.24) is 9.97 Å². The van der Waals surface area contributed by atoms with Crippen molar-refractivity contribution in [3.8, 4) is 0 Å². The zero-order chi connectivity index (χ0) is 13.7. The van der Waals surface area contributed by atoms with E-state index in [4.69, 9.17) is 4.74 Å². The summed E-state index contributed by atoms with van der Waals surface area (Å²) in [5.41, 5.74) is 1.08. The summed E-state index contributed by atoms with van der Waals surface area (Å²) in [5.74, 6) is 2.19. The molecule has 2 rings (SSSR count). The average Bonchev–Trinajstić information content (AvgIpc) is 2.82. The third-order valence-corrected chi connectivity index (χ3v) is 3.57. The Kier molecular flexibility index (Phi) is 4.96. The molecule has 0 radical (unpaired) electrons. The second kappa shape index (κ2) is 6.70. The van der Waals surface area contributed by atoms with Gasteiger partial charge < -0.3 is 15.4 Å². The van der Waals surface area contributed by atoms with Crippen LogP contribution in [-0.4, -0.2) is 35.8 Å². The monoisotopic (exact) mass is 264 g/mol. The van der Waals surface area contributed by atoms with Gasteiger partial charge in [-0.15, -0.1) is 0 Å². The number of aromatic nitrogens is 2. The van der Waals surface area contributed by atoms with E-state index in [-0.39, 0.29) is 0 Å². The van der Waals surface area contributed by atoms with E-state index < -0.39 is 0 Å². The van der Waals surface area contributed by atoms with Gasteiger partial charge in [0.25, 0.3) is 0 Å². The van der Waals surface area contributed by atoms with Crippen molar-refractivity contribution < 1.29 is 4.74 Å². The van der Waals surface area contributed by atoms with E-state index in [1.54, 1.807) is 0 Å². The molecule has 106 valence electrons. The summed E-state index contributed by atoms with van der Waals surface area (Å²) in [4.78, 5) is 8.81. The van der Waals surface area contributed by atoms with Crippen LogP contribution in [0.1, 0.15) is 32.3 Å². The van der Waals surface area contributed by atoms with Crippen molar-refractivity contribution in [1.29, 1.82) is 0 Å². The summed E-state index contributed by atoms with van der Waals surface area (Å²) in [6.07, 6.45) is 4.39. The molecule has 0 amide bonds. The van der Waals surface area contributed by atoms with E-state index in [2.05, 4.69) is 34.4 Å². The minimum absolute atomic E-state index is 0.340. The highest BCUT2D eigenvalue weighted by molar-refractivity contribution is 5.46. The van der Waals surface area contributed by atoms with Gasteiger partial charge in [0.05, 0.1) is 6.10 Å². The summed E-state index contributed by atoms with van der Waals surface area (Å²) in [6, 6.07) is 0. The van der Waals surface area contributed by atoms with Crippen molar-refractivity contribution in [3.05, 3.63) is 11.8 Å². The van der Waals surface area contributed by atoms with Crippen LogP contribution < -0.4 is 10.6 Å². The van der Waals surface area contributed by atoms with Crippen LogP contribution in [0.15, 0.2) is 6.20 Å². The molecule has 2 unspecified atom stereocenters. The highest BCUT2D eigenvalue weighted by Crippen LogP contribution is 2.21. The van der Waals surface area contributed by atoms with Gasteiger partial charge in [-0.05, 0) is 26.7 Å². The Morgan fingerprint density at radius 2 is 2.26 bits per heavy atom. The minimum atomic E-state index is 0.340. The lowest BCUT2D eigenvalue weighted by atomic mass is 10.0.